The van der Waals surface area contributed by atoms with Crippen LogP contribution in [0.5, 0.6) is 0 Å². The van der Waals surface area contributed by atoms with E-state index in [0.29, 0.717) is 17.9 Å². The minimum absolute atomic E-state index is 0.0917. The number of ketones is 1. The fraction of sp³-hybridized carbons (Fsp3) is 0.364. The third-order valence-corrected chi connectivity index (χ3v) is 3.07. The zero-order valence-electron chi connectivity index (χ0n) is 7.97. The first kappa shape index (κ1) is 11.7. The van der Waals surface area contributed by atoms with Crippen LogP contribution in [0, 0.1) is 0 Å². The van der Waals surface area contributed by atoms with Crippen molar-refractivity contribution in [2.75, 3.05) is 0 Å². The number of carbonyl (C=O) groups excluding carboxylic acids is 1. The number of carbonyl (C=O) groups is 1. The number of alkyl halides is 1. The van der Waals surface area contributed by atoms with Gasteiger partial charge in [-0.3, -0.25) is 4.79 Å². The molecule has 3 heteroatoms. The zero-order chi connectivity index (χ0) is 10.6. The van der Waals surface area contributed by atoms with E-state index < -0.39 is 0 Å². The van der Waals surface area contributed by atoms with Gasteiger partial charge in [-0.15, -0.1) is 0 Å². The molecule has 0 radical (unpaired) electrons. The largest absolute Gasteiger partial charge is 0.298 e. The maximum Gasteiger partial charge on any atom is 0.146 e. The second-order valence-electron chi connectivity index (χ2n) is 3.12. The van der Waals surface area contributed by atoms with E-state index in [4.69, 9.17) is 11.6 Å². The third kappa shape index (κ3) is 3.43. The topological polar surface area (TPSA) is 17.1 Å². The molecule has 0 saturated carbocycles. The van der Waals surface area contributed by atoms with Gasteiger partial charge in [0.2, 0.25) is 0 Å². The summed E-state index contributed by atoms with van der Waals surface area (Å²) in [6.07, 6.45) is 1.27. The fourth-order valence-corrected chi connectivity index (χ4v) is 2.12. The summed E-state index contributed by atoms with van der Waals surface area (Å²) < 4.78 is 0. The Morgan fingerprint density at radius 3 is 2.86 bits per heavy atom. The highest BCUT2D eigenvalue weighted by Crippen LogP contribution is 2.16. The van der Waals surface area contributed by atoms with Gasteiger partial charge in [-0.05, 0) is 24.1 Å². The quantitative estimate of drug-likeness (QED) is 0.767. The smallest absolute Gasteiger partial charge is 0.146 e. The number of hydrogen-bond acceptors (Lipinski definition) is 1. The molecule has 0 fully saturated rings. The second kappa shape index (κ2) is 5.52. The molecule has 0 bridgehead atoms. The van der Waals surface area contributed by atoms with Crippen LogP contribution in [-0.2, 0) is 11.2 Å². The van der Waals surface area contributed by atoms with Crippen LogP contribution in [0.25, 0.3) is 0 Å². The van der Waals surface area contributed by atoms with Crippen molar-refractivity contribution in [2.45, 2.75) is 24.6 Å². The van der Waals surface area contributed by atoms with Gasteiger partial charge in [-0.1, -0.05) is 46.6 Å². The highest BCUT2D eigenvalue weighted by Gasteiger charge is 2.12. The van der Waals surface area contributed by atoms with Crippen molar-refractivity contribution < 1.29 is 4.79 Å². The molecule has 0 saturated heterocycles. The Hall–Kier alpha value is -0.340. The van der Waals surface area contributed by atoms with Gasteiger partial charge in [0.25, 0.3) is 0 Å². The number of benzene rings is 1. The van der Waals surface area contributed by atoms with Crippen LogP contribution in [0.1, 0.15) is 18.9 Å². The third-order valence-electron chi connectivity index (χ3n) is 2.00. The summed E-state index contributed by atoms with van der Waals surface area (Å²) in [5, 5.41) is 0.714. The maximum atomic E-state index is 11.3. The van der Waals surface area contributed by atoms with Crippen molar-refractivity contribution in [1.82, 2.24) is 0 Å². The number of Topliss-reactive ketones (excluding diaryl/α,β-unsaturated/α-hetero) is 1. The molecule has 1 aromatic rings. The number of rotatable bonds is 4. The highest BCUT2D eigenvalue weighted by atomic mass is 79.9. The lowest BCUT2D eigenvalue weighted by atomic mass is 10.1. The highest BCUT2D eigenvalue weighted by molar-refractivity contribution is 9.10. The summed E-state index contributed by atoms with van der Waals surface area (Å²) in [5.41, 5.74) is 1.08. The van der Waals surface area contributed by atoms with Gasteiger partial charge in [0.1, 0.15) is 5.78 Å². The molecular weight excluding hydrogens is 263 g/mol. The summed E-state index contributed by atoms with van der Waals surface area (Å²) in [4.78, 5) is 11.2. The van der Waals surface area contributed by atoms with Crippen LogP contribution in [0.2, 0.25) is 5.02 Å². The summed E-state index contributed by atoms with van der Waals surface area (Å²) in [5.74, 6) is 0.227. The van der Waals surface area contributed by atoms with E-state index >= 15 is 0 Å². The molecule has 1 atom stereocenters. The summed E-state index contributed by atoms with van der Waals surface area (Å²) in [6, 6.07) is 7.59. The Morgan fingerprint density at radius 1 is 1.57 bits per heavy atom. The first-order valence-corrected chi connectivity index (χ1v) is 5.84. The monoisotopic (exact) mass is 274 g/mol. The standard InChI is InChI=1S/C11H12BrClO/c1-2-11(14)10(12)7-8-4-3-5-9(13)6-8/h3-6,10H,2,7H2,1H3. The Bertz CT molecular complexity index is 325. The molecule has 0 aliphatic heterocycles. The van der Waals surface area contributed by atoms with Crippen LogP contribution in [0.15, 0.2) is 24.3 Å². The summed E-state index contributed by atoms with van der Waals surface area (Å²) >= 11 is 9.21. The Morgan fingerprint density at radius 2 is 2.29 bits per heavy atom. The molecule has 0 N–H and O–H groups in total. The molecule has 0 aliphatic rings. The van der Waals surface area contributed by atoms with Gasteiger partial charge < -0.3 is 0 Å². The van der Waals surface area contributed by atoms with Gasteiger partial charge in [0, 0.05) is 11.4 Å². The molecule has 14 heavy (non-hydrogen) atoms. The van der Waals surface area contributed by atoms with Crippen molar-refractivity contribution in [2.24, 2.45) is 0 Å². The van der Waals surface area contributed by atoms with E-state index in [0.717, 1.165) is 5.56 Å². The normalized spacial score (nSPS) is 12.5. The molecule has 1 aromatic carbocycles. The van der Waals surface area contributed by atoms with Crippen molar-refractivity contribution in [3.8, 4) is 0 Å². The van der Waals surface area contributed by atoms with Crippen molar-refractivity contribution in [3.63, 3.8) is 0 Å². The number of hydrogen-bond donors (Lipinski definition) is 0. The molecule has 1 unspecified atom stereocenters. The van der Waals surface area contributed by atoms with Crippen LogP contribution < -0.4 is 0 Å². The van der Waals surface area contributed by atoms with Gasteiger partial charge in [-0.25, -0.2) is 0 Å². The van der Waals surface area contributed by atoms with Crippen LogP contribution in [0.4, 0.5) is 0 Å². The molecule has 0 spiro atoms. The van der Waals surface area contributed by atoms with Crippen molar-refractivity contribution in [1.29, 1.82) is 0 Å². The minimum Gasteiger partial charge on any atom is -0.298 e. The first-order chi connectivity index (χ1) is 6.63. The Labute approximate surface area is 97.6 Å². The van der Waals surface area contributed by atoms with Gasteiger partial charge in [-0.2, -0.15) is 0 Å². The van der Waals surface area contributed by atoms with Crippen molar-refractivity contribution >= 4 is 33.3 Å². The van der Waals surface area contributed by atoms with E-state index in [1.54, 1.807) is 0 Å². The Kier molecular flexibility index (Phi) is 4.63. The van der Waals surface area contributed by atoms with Gasteiger partial charge in [0.15, 0.2) is 0 Å². The van der Waals surface area contributed by atoms with E-state index in [9.17, 15) is 4.79 Å². The van der Waals surface area contributed by atoms with E-state index in [1.165, 1.54) is 0 Å². The lowest BCUT2D eigenvalue weighted by Crippen LogP contribution is -2.15. The minimum atomic E-state index is -0.0917. The van der Waals surface area contributed by atoms with E-state index in [2.05, 4.69) is 15.9 Å². The lowest BCUT2D eigenvalue weighted by molar-refractivity contribution is -0.118. The molecule has 0 aromatic heterocycles. The van der Waals surface area contributed by atoms with Crippen LogP contribution >= 0.6 is 27.5 Å². The van der Waals surface area contributed by atoms with E-state index in [1.807, 2.05) is 31.2 Å². The molecule has 0 amide bonds. The van der Waals surface area contributed by atoms with Gasteiger partial charge >= 0.3 is 0 Å². The second-order valence-corrected chi connectivity index (χ2v) is 4.66. The average molecular weight is 276 g/mol. The Balaban J connectivity index is 2.64. The fourth-order valence-electron chi connectivity index (χ4n) is 1.21. The maximum absolute atomic E-state index is 11.3. The van der Waals surface area contributed by atoms with E-state index in [-0.39, 0.29) is 10.6 Å². The zero-order valence-corrected chi connectivity index (χ0v) is 10.3. The van der Waals surface area contributed by atoms with Crippen molar-refractivity contribution in [3.05, 3.63) is 34.9 Å². The predicted octanol–water partition coefficient (Wildman–Crippen LogP) is 3.63. The number of halogens is 2. The molecule has 76 valence electrons. The van der Waals surface area contributed by atoms with Crippen LogP contribution in [0.3, 0.4) is 0 Å². The summed E-state index contributed by atoms with van der Waals surface area (Å²) in [6.45, 7) is 1.87. The van der Waals surface area contributed by atoms with Gasteiger partial charge in [0.05, 0.1) is 4.83 Å². The molecular formula is C11H12BrClO. The molecule has 0 heterocycles. The SMILES string of the molecule is CCC(=O)C(Br)Cc1cccc(Cl)c1. The molecule has 0 aliphatic carbocycles. The lowest BCUT2D eigenvalue weighted by Gasteiger charge is -2.07. The van der Waals surface area contributed by atoms with Crippen LogP contribution in [-0.4, -0.2) is 10.6 Å². The first-order valence-electron chi connectivity index (χ1n) is 4.54. The predicted molar refractivity (Wildman–Crippen MR) is 63.2 cm³/mol. The molecule has 1 nitrogen and oxygen atoms in total. The molecule has 1 rings (SSSR count). The summed E-state index contributed by atoms with van der Waals surface area (Å²) in [7, 11) is 0. The average Bonchev–Trinajstić information content (AvgIpc) is 2.16.